The van der Waals surface area contributed by atoms with Gasteiger partial charge in [-0.15, -0.1) is 0 Å². The lowest BCUT2D eigenvalue weighted by Gasteiger charge is -2.49. The maximum Gasteiger partial charge on any atom is 0.410 e. The van der Waals surface area contributed by atoms with Gasteiger partial charge in [0.1, 0.15) is 0 Å². The van der Waals surface area contributed by atoms with Gasteiger partial charge in [0.25, 0.3) is 0 Å². The highest BCUT2D eigenvalue weighted by molar-refractivity contribution is 5.68. The van der Waals surface area contributed by atoms with Crippen molar-refractivity contribution in [1.29, 1.82) is 0 Å². The molecule has 21 heavy (non-hydrogen) atoms. The second-order valence-corrected chi connectivity index (χ2v) is 6.07. The van der Waals surface area contributed by atoms with Crippen LogP contribution >= 0.6 is 0 Å². The highest BCUT2D eigenvalue weighted by Crippen LogP contribution is 2.35. The van der Waals surface area contributed by atoms with Crippen molar-refractivity contribution in [2.75, 3.05) is 13.2 Å². The smallest absolute Gasteiger partial charge is 0.410 e. The van der Waals surface area contributed by atoms with Gasteiger partial charge >= 0.3 is 6.09 Å². The van der Waals surface area contributed by atoms with Crippen LogP contribution in [0.2, 0.25) is 0 Å². The van der Waals surface area contributed by atoms with E-state index in [1.54, 1.807) is 0 Å². The number of fused-ring (bicyclic) bond motifs is 3. The van der Waals surface area contributed by atoms with Crippen LogP contribution in [0.25, 0.3) is 0 Å². The maximum absolute atomic E-state index is 12.1. The average molecular weight is 288 g/mol. The highest BCUT2D eigenvalue weighted by atomic mass is 16.6. The van der Waals surface area contributed by atoms with E-state index in [0.717, 1.165) is 19.5 Å². The minimum atomic E-state index is -0.140. The Balaban J connectivity index is 1.62. The summed E-state index contributed by atoms with van der Waals surface area (Å²) in [5.74, 6) is 0.618. The lowest BCUT2D eigenvalue weighted by Crippen LogP contribution is -2.61. The molecule has 0 aromatic heterocycles. The van der Waals surface area contributed by atoms with Gasteiger partial charge in [0.05, 0.1) is 12.6 Å². The van der Waals surface area contributed by atoms with Crippen LogP contribution in [0.3, 0.4) is 0 Å². The van der Waals surface area contributed by atoms with Gasteiger partial charge in [0.15, 0.2) is 0 Å². The van der Waals surface area contributed by atoms with Gasteiger partial charge in [-0.1, -0.05) is 30.3 Å². The molecule has 114 valence electrons. The molecule has 3 aliphatic rings. The number of nitrogens with one attached hydrogen (secondary N) is 1. The quantitative estimate of drug-likeness (QED) is 0.926. The number of hydrogen-bond donors (Lipinski definition) is 1. The fraction of sp³-hybridized carbons (Fsp3) is 0.588. The standard InChI is InChI=1S/C17H24N2O2/c1-2-21-17(20)19-12-14-8-9-16(19)15(10-14)18-11-13-6-4-3-5-7-13/h3-7,14-16,18H,2,8-12H2,1H3/t14-,15+,16+/m0/s1. The summed E-state index contributed by atoms with van der Waals surface area (Å²) in [5.41, 5.74) is 1.29. The molecule has 1 aromatic carbocycles. The van der Waals surface area contributed by atoms with Crippen LogP contribution in [0.1, 0.15) is 31.7 Å². The predicted octanol–water partition coefficient (Wildman–Crippen LogP) is 2.79. The summed E-state index contributed by atoms with van der Waals surface area (Å²) in [6, 6.07) is 11.1. The molecule has 2 heterocycles. The zero-order chi connectivity index (χ0) is 14.7. The fourth-order valence-corrected chi connectivity index (χ4v) is 3.67. The van der Waals surface area contributed by atoms with Crippen LogP contribution in [0.5, 0.6) is 0 Å². The molecule has 4 rings (SSSR count). The molecule has 1 saturated carbocycles. The monoisotopic (exact) mass is 288 g/mol. The van der Waals surface area contributed by atoms with Gasteiger partial charge in [-0.2, -0.15) is 0 Å². The number of piperidine rings is 2. The SMILES string of the molecule is CCOC(=O)N1C[C@H]2CC[C@@H]1[C@H](NCc1ccccc1)C2. The molecule has 1 aliphatic carbocycles. The van der Waals surface area contributed by atoms with E-state index >= 15 is 0 Å². The Morgan fingerprint density at radius 1 is 1.33 bits per heavy atom. The molecule has 1 aromatic rings. The largest absolute Gasteiger partial charge is 0.450 e. The Bertz CT molecular complexity index is 477. The number of benzene rings is 1. The number of hydrogen-bond acceptors (Lipinski definition) is 3. The van der Waals surface area contributed by atoms with E-state index in [1.807, 2.05) is 17.9 Å². The molecule has 2 bridgehead atoms. The topological polar surface area (TPSA) is 41.6 Å². The summed E-state index contributed by atoms with van der Waals surface area (Å²) in [6.07, 6.45) is 3.37. The molecule has 3 fully saturated rings. The van der Waals surface area contributed by atoms with Gasteiger partial charge in [0.2, 0.25) is 0 Å². The second kappa shape index (κ2) is 6.48. The third-order valence-electron chi connectivity index (χ3n) is 4.69. The summed E-state index contributed by atoms with van der Waals surface area (Å²) in [7, 11) is 0. The Morgan fingerprint density at radius 3 is 2.86 bits per heavy atom. The van der Waals surface area contributed by atoms with Crippen LogP contribution in [0.4, 0.5) is 4.79 Å². The van der Waals surface area contributed by atoms with Gasteiger partial charge < -0.3 is 15.0 Å². The van der Waals surface area contributed by atoms with E-state index in [0.29, 0.717) is 18.6 Å². The van der Waals surface area contributed by atoms with Crippen molar-refractivity contribution in [3.8, 4) is 0 Å². The molecular weight excluding hydrogens is 264 g/mol. The molecular formula is C17H24N2O2. The Labute approximate surface area is 126 Å². The number of ether oxygens (including phenoxy) is 1. The third-order valence-corrected chi connectivity index (χ3v) is 4.69. The molecule has 1 amide bonds. The van der Waals surface area contributed by atoms with Crippen LogP contribution in [0.15, 0.2) is 30.3 Å². The van der Waals surface area contributed by atoms with Crippen molar-refractivity contribution in [1.82, 2.24) is 10.2 Å². The highest BCUT2D eigenvalue weighted by Gasteiger charge is 2.43. The van der Waals surface area contributed by atoms with Crippen molar-refractivity contribution < 1.29 is 9.53 Å². The lowest BCUT2D eigenvalue weighted by atomic mass is 9.76. The zero-order valence-corrected chi connectivity index (χ0v) is 12.6. The molecule has 0 spiro atoms. The Hall–Kier alpha value is -1.55. The summed E-state index contributed by atoms with van der Waals surface area (Å²) in [5, 5.41) is 3.65. The van der Waals surface area contributed by atoms with Crippen molar-refractivity contribution in [2.24, 2.45) is 5.92 Å². The van der Waals surface area contributed by atoms with Crippen molar-refractivity contribution in [3.05, 3.63) is 35.9 Å². The first-order chi connectivity index (χ1) is 10.3. The van der Waals surface area contributed by atoms with E-state index in [4.69, 9.17) is 4.74 Å². The van der Waals surface area contributed by atoms with Crippen molar-refractivity contribution in [3.63, 3.8) is 0 Å². The molecule has 2 aliphatic heterocycles. The van der Waals surface area contributed by atoms with Gasteiger partial charge in [-0.25, -0.2) is 4.79 Å². The molecule has 4 heteroatoms. The normalized spacial score (nSPS) is 27.7. The number of carbonyl (C=O) groups is 1. The van der Waals surface area contributed by atoms with Gasteiger partial charge in [-0.3, -0.25) is 0 Å². The van der Waals surface area contributed by atoms with Gasteiger partial charge in [-0.05, 0) is 37.7 Å². The Kier molecular flexibility index (Phi) is 4.44. The van der Waals surface area contributed by atoms with E-state index in [1.165, 1.54) is 18.4 Å². The van der Waals surface area contributed by atoms with Crippen LogP contribution in [-0.2, 0) is 11.3 Å². The minimum absolute atomic E-state index is 0.140. The van der Waals surface area contributed by atoms with Crippen molar-refractivity contribution in [2.45, 2.75) is 44.8 Å². The van der Waals surface area contributed by atoms with E-state index in [2.05, 4.69) is 29.6 Å². The summed E-state index contributed by atoms with van der Waals surface area (Å²) < 4.78 is 5.20. The Morgan fingerprint density at radius 2 is 2.14 bits per heavy atom. The molecule has 1 N–H and O–H groups in total. The lowest BCUT2D eigenvalue weighted by molar-refractivity contribution is 0.0122. The van der Waals surface area contributed by atoms with Crippen LogP contribution in [0, 0.1) is 5.92 Å². The number of nitrogens with zero attached hydrogens (tertiary/aromatic N) is 1. The molecule has 3 atom stereocenters. The number of amides is 1. The number of rotatable bonds is 4. The van der Waals surface area contributed by atoms with Crippen molar-refractivity contribution >= 4 is 6.09 Å². The van der Waals surface area contributed by atoms with Crippen LogP contribution < -0.4 is 5.32 Å². The fourth-order valence-electron chi connectivity index (χ4n) is 3.67. The first-order valence-electron chi connectivity index (χ1n) is 7.98. The summed E-state index contributed by atoms with van der Waals surface area (Å²) in [6.45, 7) is 4.05. The number of carbonyl (C=O) groups excluding carboxylic acids is 1. The van der Waals surface area contributed by atoms with Crippen LogP contribution in [-0.4, -0.2) is 36.2 Å². The van der Waals surface area contributed by atoms with E-state index < -0.39 is 0 Å². The molecule has 4 nitrogen and oxygen atoms in total. The molecule has 0 radical (unpaired) electrons. The van der Waals surface area contributed by atoms with E-state index in [9.17, 15) is 4.79 Å². The summed E-state index contributed by atoms with van der Waals surface area (Å²) in [4.78, 5) is 14.0. The third kappa shape index (κ3) is 3.21. The first kappa shape index (κ1) is 14.4. The van der Waals surface area contributed by atoms with E-state index in [-0.39, 0.29) is 12.1 Å². The second-order valence-electron chi connectivity index (χ2n) is 6.07. The van der Waals surface area contributed by atoms with Gasteiger partial charge in [0, 0.05) is 19.1 Å². The predicted molar refractivity (Wildman–Crippen MR) is 81.9 cm³/mol. The summed E-state index contributed by atoms with van der Waals surface area (Å²) >= 11 is 0. The molecule has 2 saturated heterocycles. The molecule has 0 unspecified atom stereocenters. The average Bonchev–Trinajstić information content (AvgIpc) is 2.54. The minimum Gasteiger partial charge on any atom is -0.450 e. The maximum atomic E-state index is 12.1. The first-order valence-corrected chi connectivity index (χ1v) is 7.98. The zero-order valence-electron chi connectivity index (χ0n) is 12.6.